The van der Waals surface area contributed by atoms with Crippen molar-refractivity contribution in [3.63, 3.8) is 0 Å². The van der Waals surface area contributed by atoms with Crippen molar-refractivity contribution in [3.05, 3.63) is 63.6 Å². The van der Waals surface area contributed by atoms with Crippen LogP contribution in [0.4, 0.5) is 0 Å². The van der Waals surface area contributed by atoms with Crippen LogP contribution in [0.5, 0.6) is 5.75 Å². The van der Waals surface area contributed by atoms with Crippen LogP contribution < -0.4 is 4.74 Å². The van der Waals surface area contributed by atoms with E-state index in [4.69, 9.17) is 9.47 Å². The van der Waals surface area contributed by atoms with Gasteiger partial charge in [0.15, 0.2) is 0 Å². The summed E-state index contributed by atoms with van der Waals surface area (Å²) in [6.07, 6.45) is 0. The van der Waals surface area contributed by atoms with Crippen LogP contribution in [-0.2, 0) is 16.1 Å². The number of hydrogen-bond donors (Lipinski definition) is 0. The maximum absolute atomic E-state index is 12.1. The number of carbonyl (C=O) groups is 2. The number of ether oxygens (including phenoxy) is 3. The van der Waals surface area contributed by atoms with E-state index in [1.807, 2.05) is 0 Å². The van der Waals surface area contributed by atoms with Crippen molar-refractivity contribution in [3.8, 4) is 5.75 Å². The first-order chi connectivity index (χ1) is 11.0. The molecule has 120 valence electrons. The largest absolute Gasteiger partial charge is 0.497 e. The Labute approximate surface area is 142 Å². The Kier molecular flexibility index (Phi) is 5.76. The summed E-state index contributed by atoms with van der Waals surface area (Å²) >= 11 is 3.35. The monoisotopic (exact) mass is 378 g/mol. The second kappa shape index (κ2) is 7.78. The van der Waals surface area contributed by atoms with Crippen LogP contribution in [0.25, 0.3) is 0 Å². The summed E-state index contributed by atoms with van der Waals surface area (Å²) in [5.41, 5.74) is 1.57. The van der Waals surface area contributed by atoms with E-state index in [-0.39, 0.29) is 6.61 Å². The molecule has 0 saturated heterocycles. The minimum Gasteiger partial charge on any atom is -0.497 e. The number of hydrogen-bond acceptors (Lipinski definition) is 5. The van der Waals surface area contributed by atoms with E-state index in [0.29, 0.717) is 21.3 Å². The summed E-state index contributed by atoms with van der Waals surface area (Å²) in [5.74, 6) is -0.290. The van der Waals surface area contributed by atoms with E-state index < -0.39 is 11.9 Å². The van der Waals surface area contributed by atoms with Crippen LogP contribution in [0.2, 0.25) is 0 Å². The molecule has 2 aromatic rings. The number of carbonyl (C=O) groups excluding carboxylic acids is 2. The number of benzene rings is 2. The summed E-state index contributed by atoms with van der Waals surface area (Å²) in [6.45, 7) is 0.0814. The van der Waals surface area contributed by atoms with Gasteiger partial charge in [0.1, 0.15) is 12.4 Å². The quantitative estimate of drug-likeness (QED) is 0.743. The molecule has 0 atom stereocenters. The van der Waals surface area contributed by atoms with Crippen molar-refractivity contribution >= 4 is 27.9 Å². The molecule has 6 heteroatoms. The zero-order chi connectivity index (χ0) is 16.8. The van der Waals surface area contributed by atoms with E-state index in [2.05, 4.69) is 20.7 Å². The lowest BCUT2D eigenvalue weighted by Crippen LogP contribution is -2.07. The van der Waals surface area contributed by atoms with Gasteiger partial charge in [-0.05, 0) is 30.3 Å². The van der Waals surface area contributed by atoms with E-state index in [9.17, 15) is 9.59 Å². The molecule has 0 aliphatic rings. The van der Waals surface area contributed by atoms with Crippen LogP contribution in [0.3, 0.4) is 0 Å². The molecule has 0 saturated carbocycles. The van der Waals surface area contributed by atoms with Crippen LogP contribution >= 0.6 is 15.9 Å². The molecule has 0 aliphatic heterocycles. The maximum Gasteiger partial charge on any atom is 0.338 e. The Morgan fingerprint density at radius 1 is 1.00 bits per heavy atom. The standard InChI is InChI=1S/C17H15BrO5/c1-21-14-5-3-4-11(8-14)17(20)23-10-13-7-6-12(9-15(13)18)16(19)22-2/h3-9H,10H2,1-2H3. The molecule has 0 aliphatic carbocycles. The second-order valence-corrected chi connectivity index (χ2v) is 5.46. The third kappa shape index (κ3) is 4.32. The third-order valence-corrected chi connectivity index (χ3v) is 3.88. The van der Waals surface area contributed by atoms with E-state index >= 15 is 0 Å². The van der Waals surface area contributed by atoms with Crippen LogP contribution in [0.1, 0.15) is 26.3 Å². The van der Waals surface area contributed by atoms with Gasteiger partial charge in [-0.3, -0.25) is 0 Å². The minimum atomic E-state index is -0.451. The smallest absolute Gasteiger partial charge is 0.338 e. The lowest BCUT2D eigenvalue weighted by molar-refractivity contribution is 0.0470. The van der Waals surface area contributed by atoms with Gasteiger partial charge in [0.2, 0.25) is 0 Å². The molecule has 0 bridgehead atoms. The van der Waals surface area contributed by atoms with Crippen molar-refractivity contribution in [2.75, 3.05) is 14.2 Å². The second-order valence-electron chi connectivity index (χ2n) is 4.61. The molecule has 0 N–H and O–H groups in total. The molecular weight excluding hydrogens is 364 g/mol. The van der Waals surface area contributed by atoms with Crippen LogP contribution in [0, 0.1) is 0 Å². The molecule has 2 rings (SSSR count). The lowest BCUT2D eigenvalue weighted by atomic mass is 10.1. The Morgan fingerprint density at radius 3 is 2.39 bits per heavy atom. The van der Waals surface area contributed by atoms with Crippen LogP contribution in [-0.4, -0.2) is 26.2 Å². The summed E-state index contributed by atoms with van der Waals surface area (Å²) in [6, 6.07) is 11.7. The first-order valence-corrected chi connectivity index (χ1v) is 7.52. The number of esters is 2. The molecular formula is C17H15BrO5. The Balaban J connectivity index is 2.05. The van der Waals surface area contributed by atoms with Gasteiger partial charge in [-0.25, -0.2) is 9.59 Å². The molecule has 0 amide bonds. The number of methoxy groups -OCH3 is 2. The molecule has 0 aromatic heterocycles. The summed E-state index contributed by atoms with van der Waals surface area (Å²) in [4.78, 5) is 23.5. The maximum atomic E-state index is 12.1. The first-order valence-electron chi connectivity index (χ1n) is 6.73. The van der Waals surface area contributed by atoms with E-state index in [0.717, 1.165) is 5.56 Å². The van der Waals surface area contributed by atoms with Gasteiger partial charge in [0.05, 0.1) is 25.3 Å². The van der Waals surface area contributed by atoms with Gasteiger partial charge in [-0.15, -0.1) is 0 Å². The van der Waals surface area contributed by atoms with Crippen molar-refractivity contribution in [2.45, 2.75) is 6.61 Å². The van der Waals surface area contributed by atoms with E-state index in [1.54, 1.807) is 42.5 Å². The molecule has 23 heavy (non-hydrogen) atoms. The Morgan fingerprint density at radius 2 is 1.74 bits per heavy atom. The zero-order valence-electron chi connectivity index (χ0n) is 12.7. The normalized spacial score (nSPS) is 10.0. The summed E-state index contributed by atoms with van der Waals surface area (Å²) < 4.78 is 15.7. The Hall–Kier alpha value is -2.34. The molecule has 0 unspecified atom stereocenters. The topological polar surface area (TPSA) is 61.8 Å². The number of halogens is 1. The van der Waals surface area contributed by atoms with E-state index in [1.165, 1.54) is 14.2 Å². The SMILES string of the molecule is COC(=O)c1ccc(COC(=O)c2cccc(OC)c2)c(Br)c1. The molecule has 0 radical (unpaired) electrons. The molecule has 0 spiro atoms. The van der Waals surface area contributed by atoms with Gasteiger partial charge in [0.25, 0.3) is 0 Å². The van der Waals surface area contributed by atoms with Crippen molar-refractivity contribution in [1.82, 2.24) is 0 Å². The third-order valence-electron chi connectivity index (χ3n) is 3.14. The van der Waals surface area contributed by atoms with Crippen molar-refractivity contribution in [2.24, 2.45) is 0 Å². The fourth-order valence-electron chi connectivity index (χ4n) is 1.89. The molecule has 0 fully saturated rings. The fraction of sp³-hybridized carbons (Fsp3) is 0.176. The number of rotatable bonds is 5. The fourth-order valence-corrected chi connectivity index (χ4v) is 2.38. The summed E-state index contributed by atoms with van der Waals surface area (Å²) in [5, 5.41) is 0. The minimum absolute atomic E-state index is 0.0814. The van der Waals surface area contributed by atoms with Gasteiger partial charge >= 0.3 is 11.9 Å². The van der Waals surface area contributed by atoms with Gasteiger partial charge in [0, 0.05) is 10.0 Å². The average Bonchev–Trinajstić information content (AvgIpc) is 2.59. The predicted octanol–water partition coefficient (Wildman–Crippen LogP) is 3.60. The highest BCUT2D eigenvalue weighted by Gasteiger charge is 2.12. The van der Waals surface area contributed by atoms with Crippen molar-refractivity contribution < 1.29 is 23.8 Å². The van der Waals surface area contributed by atoms with Gasteiger partial charge in [-0.2, -0.15) is 0 Å². The highest BCUT2D eigenvalue weighted by Crippen LogP contribution is 2.21. The Bertz CT molecular complexity index is 727. The molecule has 5 nitrogen and oxygen atoms in total. The molecule has 0 heterocycles. The lowest BCUT2D eigenvalue weighted by Gasteiger charge is -2.09. The van der Waals surface area contributed by atoms with Crippen LogP contribution in [0.15, 0.2) is 46.9 Å². The molecule has 2 aromatic carbocycles. The predicted molar refractivity (Wildman–Crippen MR) is 87.6 cm³/mol. The average molecular weight is 379 g/mol. The highest BCUT2D eigenvalue weighted by atomic mass is 79.9. The van der Waals surface area contributed by atoms with Crippen molar-refractivity contribution in [1.29, 1.82) is 0 Å². The van der Waals surface area contributed by atoms with Gasteiger partial charge in [-0.1, -0.05) is 28.1 Å². The van der Waals surface area contributed by atoms with Gasteiger partial charge < -0.3 is 14.2 Å². The highest BCUT2D eigenvalue weighted by molar-refractivity contribution is 9.10. The zero-order valence-corrected chi connectivity index (χ0v) is 14.3. The first kappa shape index (κ1) is 17.0. The summed E-state index contributed by atoms with van der Waals surface area (Å²) in [7, 11) is 2.85.